The van der Waals surface area contributed by atoms with Crippen LogP contribution in [-0.4, -0.2) is 77.1 Å². The van der Waals surface area contributed by atoms with Crippen LogP contribution in [0.1, 0.15) is 12.5 Å². The topological polar surface area (TPSA) is 122 Å². The van der Waals surface area contributed by atoms with Gasteiger partial charge in [-0.25, -0.2) is 14.9 Å². The minimum absolute atomic E-state index is 0.185. The first-order valence-corrected chi connectivity index (χ1v) is 8.13. The monoisotopic (exact) mass is 370 g/mol. The van der Waals surface area contributed by atoms with Gasteiger partial charge in [-0.2, -0.15) is 10.0 Å². The molecule has 0 radical (unpaired) electrons. The first kappa shape index (κ1) is 18.2. The zero-order valence-corrected chi connectivity index (χ0v) is 15.0. The van der Waals surface area contributed by atoms with Crippen LogP contribution < -0.4 is 15.2 Å². The van der Waals surface area contributed by atoms with Crippen LogP contribution in [0.4, 0.5) is 4.79 Å². The van der Waals surface area contributed by atoms with Crippen LogP contribution in [0.15, 0.2) is 29.4 Å². The van der Waals surface area contributed by atoms with Gasteiger partial charge in [0.1, 0.15) is 6.54 Å². The number of carbonyl (C=O) groups excluding carboxylic acids is 3. The van der Waals surface area contributed by atoms with Crippen molar-refractivity contribution in [3.63, 3.8) is 0 Å². The van der Waals surface area contributed by atoms with Crippen molar-refractivity contribution in [1.82, 2.24) is 24.8 Å². The van der Waals surface area contributed by atoms with Gasteiger partial charge in [0.15, 0.2) is 0 Å². The van der Waals surface area contributed by atoms with E-state index in [1.165, 1.54) is 36.3 Å². The largest absolute Gasteiger partial charge is 0.872 e. The van der Waals surface area contributed by atoms with Gasteiger partial charge < -0.3 is 5.11 Å². The van der Waals surface area contributed by atoms with E-state index in [0.717, 1.165) is 4.90 Å². The lowest BCUT2D eigenvalue weighted by atomic mass is 10.1. The molecule has 1 aromatic carbocycles. The van der Waals surface area contributed by atoms with E-state index in [-0.39, 0.29) is 18.1 Å². The number of hydrogen-bond donors (Lipinski definition) is 1. The molecule has 10 heteroatoms. The van der Waals surface area contributed by atoms with Crippen molar-refractivity contribution in [3.05, 3.63) is 29.8 Å². The highest BCUT2D eigenvalue weighted by atomic mass is 16.3. The first-order chi connectivity index (χ1) is 12.8. The van der Waals surface area contributed by atoms with Crippen LogP contribution in [0.5, 0.6) is 5.75 Å². The number of imide groups is 1. The summed E-state index contributed by atoms with van der Waals surface area (Å²) < 4.78 is 4.08. The maximum absolute atomic E-state index is 12.4. The van der Waals surface area contributed by atoms with Crippen molar-refractivity contribution < 1.29 is 19.5 Å². The molecule has 0 saturated carbocycles. The average molecular weight is 370 g/mol. The van der Waals surface area contributed by atoms with Crippen molar-refractivity contribution in [1.29, 1.82) is 0 Å². The molecule has 1 fully saturated rings. The van der Waals surface area contributed by atoms with Crippen molar-refractivity contribution in [2.45, 2.75) is 13.0 Å². The molecule has 140 valence electrons. The fraction of sp³-hybridized carbons (Fsp3) is 0.294. The molecule has 1 aromatic rings. The summed E-state index contributed by atoms with van der Waals surface area (Å²) in [5.41, 5.74) is 3.13. The Bertz CT molecular complexity index is 918. The highest BCUT2D eigenvalue weighted by molar-refractivity contribution is 6.22. The Morgan fingerprint density at radius 3 is 2.67 bits per heavy atom. The Hall–Kier alpha value is -3.65. The van der Waals surface area contributed by atoms with E-state index in [2.05, 4.69) is 15.2 Å². The Labute approximate surface area is 155 Å². The summed E-state index contributed by atoms with van der Waals surface area (Å²) in [6.45, 7) is 1.43. The molecule has 0 aliphatic carbocycles. The quantitative estimate of drug-likeness (QED) is 0.385. The van der Waals surface area contributed by atoms with E-state index >= 15 is 0 Å². The second kappa shape index (κ2) is 6.93. The predicted octanol–water partition coefficient (Wildman–Crippen LogP) is -1.70. The third kappa shape index (κ3) is 3.25. The number of rotatable bonds is 4. The van der Waals surface area contributed by atoms with E-state index in [1.54, 1.807) is 25.1 Å². The second-order valence-electron chi connectivity index (χ2n) is 6.14. The molecule has 27 heavy (non-hydrogen) atoms. The number of likely N-dealkylation sites (N-methyl/N-ethyl adjacent to an activating group) is 2. The summed E-state index contributed by atoms with van der Waals surface area (Å²) in [6.07, 6.45) is 1.35. The third-order valence-electron chi connectivity index (χ3n) is 4.35. The number of nitrogens with zero attached hydrogens (tertiary/aromatic N) is 5. The maximum Gasteiger partial charge on any atom is 0.389 e. The minimum Gasteiger partial charge on any atom is -0.872 e. The van der Waals surface area contributed by atoms with Gasteiger partial charge in [-0.3, -0.25) is 19.4 Å². The Kier molecular flexibility index (Phi) is 4.66. The number of amidine groups is 1. The summed E-state index contributed by atoms with van der Waals surface area (Å²) in [7, 11) is 2.89. The molecule has 3 rings (SSSR count). The average Bonchev–Trinajstić information content (AvgIpc) is 3.06. The SMILES string of the molecule is C/C(=N\NC(=O)CN1C=[N+]=C2C1C(=O)N(C)C(=O)N2C)c1ccccc1[O-]. The molecule has 2 heterocycles. The normalized spacial score (nSPS) is 19.4. The Morgan fingerprint density at radius 2 is 1.96 bits per heavy atom. The van der Waals surface area contributed by atoms with Gasteiger partial charge in [-0.15, -0.1) is 0 Å². The van der Waals surface area contributed by atoms with Gasteiger partial charge in [0.2, 0.25) is 0 Å². The standard InChI is InChI=1S/C17H18N6O4/c1-10(11-6-4-5-7-12(11)24)19-20-13(25)8-23-9-18-15-14(23)16(26)22(3)17(27)21(15)2/h4-7,9,14H,8H2,1-3H3,(H-,19,20,24,25). The predicted molar refractivity (Wildman–Crippen MR) is 95.9 cm³/mol. The lowest BCUT2D eigenvalue weighted by molar-refractivity contribution is -0.268. The zero-order chi connectivity index (χ0) is 19.7. The number of carbonyl (C=O) groups is 3. The van der Waals surface area contributed by atoms with Gasteiger partial charge in [0, 0.05) is 7.05 Å². The van der Waals surface area contributed by atoms with Crippen molar-refractivity contribution >= 4 is 35.7 Å². The minimum atomic E-state index is -0.837. The fourth-order valence-corrected chi connectivity index (χ4v) is 2.85. The zero-order valence-electron chi connectivity index (χ0n) is 15.0. The van der Waals surface area contributed by atoms with Crippen molar-refractivity contribution in [3.8, 4) is 5.75 Å². The number of hydrogen-bond acceptors (Lipinski definition) is 6. The summed E-state index contributed by atoms with van der Waals surface area (Å²) in [4.78, 5) is 40.2. The number of para-hydroxylation sites is 1. The Balaban J connectivity index is 1.67. The summed E-state index contributed by atoms with van der Waals surface area (Å²) >= 11 is 0. The van der Waals surface area contributed by atoms with Crippen LogP contribution in [0, 0.1) is 0 Å². The van der Waals surface area contributed by atoms with Crippen LogP contribution in [0.25, 0.3) is 0 Å². The molecule has 4 amide bonds. The molecule has 1 atom stereocenters. The summed E-state index contributed by atoms with van der Waals surface area (Å²) in [5, 5.41) is 15.7. The molecule has 2 aliphatic heterocycles. The van der Waals surface area contributed by atoms with Crippen LogP contribution >= 0.6 is 0 Å². The summed E-state index contributed by atoms with van der Waals surface area (Å²) in [5.74, 6) is -0.864. The van der Waals surface area contributed by atoms with Crippen LogP contribution in [-0.2, 0) is 9.59 Å². The molecule has 2 aliphatic rings. The van der Waals surface area contributed by atoms with Crippen molar-refractivity contribution in [2.24, 2.45) is 5.10 Å². The number of nitrogens with one attached hydrogen (secondary N) is 1. The first-order valence-electron chi connectivity index (χ1n) is 8.13. The molecule has 0 spiro atoms. The lowest BCUT2D eigenvalue weighted by Gasteiger charge is -2.29. The van der Waals surface area contributed by atoms with E-state index in [0.29, 0.717) is 11.3 Å². The molecule has 1 N–H and O–H groups in total. The smallest absolute Gasteiger partial charge is 0.389 e. The maximum atomic E-state index is 12.4. The van der Waals surface area contributed by atoms with E-state index in [1.807, 2.05) is 0 Å². The molecule has 0 bridgehead atoms. The summed E-state index contributed by atoms with van der Waals surface area (Å²) in [6, 6.07) is 5.04. The van der Waals surface area contributed by atoms with Gasteiger partial charge in [-0.05, 0) is 12.5 Å². The molecule has 1 unspecified atom stereocenters. The molecule has 1 saturated heterocycles. The van der Waals surface area contributed by atoms with E-state index < -0.39 is 23.9 Å². The van der Waals surface area contributed by atoms with Crippen molar-refractivity contribution in [2.75, 3.05) is 20.6 Å². The van der Waals surface area contributed by atoms with Gasteiger partial charge >= 0.3 is 11.9 Å². The van der Waals surface area contributed by atoms with Crippen LogP contribution in [0.2, 0.25) is 0 Å². The molecule has 0 aromatic heterocycles. The number of hydrazone groups is 1. The number of fused-ring (bicyclic) bond motifs is 1. The number of amides is 4. The molecular weight excluding hydrogens is 352 g/mol. The Morgan fingerprint density at radius 1 is 1.26 bits per heavy atom. The van der Waals surface area contributed by atoms with Gasteiger partial charge in [0.25, 0.3) is 24.2 Å². The van der Waals surface area contributed by atoms with Gasteiger partial charge in [-0.1, -0.05) is 30.0 Å². The van der Waals surface area contributed by atoms with E-state index in [4.69, 9.17) is 0 Å². The number of benzene rings is 1. The fourth-order valence-electron chi connectivity index (χ4n) is 2.85. The highest BCUT2D eigenvalue weighted by Crippen LogP contribution is 2.16. The van der Waals surface area contributed by atoms with Gasteiger partial charge in [0.05, 0.1) is 12.8 Å². The second-order valence-corrected chi connectivity index (χ2v) is 6.14. The highest BCUT2D eigenvalue weighted by Gasteiger charge is 2.53. The molecular formula is C17H18N6O4. The lowest BCUT2D eigenvalue weighted by Crippen LogP contribution is -2.63. The number of urea groups is 1. The van der Waals surface area contributed by atoms with E-state index in [9.17, 15) is 19.5 Å². The van der Waals surface area contributed by atoms with Crippen LogP contribution in [0.3, 0.4) is 0 Å². The third-order valence-corrected chi connectivity index (χ3v) is 4.35. The molecule has 10 nitrogen and oxygen atoms in total.